The second kappa shape index (κ2) is 6.09. The minimum Gasteiger partial charge on any atom is -0.300 e. The molecule has 1 aliphatic rings. The normalized spacial score (nSPS) is 15.6. The predicted molar refractivity (Wildman–Crippen MR) is 73.8 cm³/mol. The Morgan fingerprint density at radius 2 is 2.28 bits per heavy atom. The van der Waals surface area contributed by atoms with Crippen LogP contribution in [0.3, 0.4) is 0 Å². The number of hydrogen-bond donors (Lipinski definition) is 1. The number of amides is 1. The van der Waals surface area contributed by atoms with Crippen molar-refractivity contribution < 1.29 is 4.79 Å². The van der Waals surface area contributed by atoms with Gasteiger partial charge in [-0.2, -0.15) is 0 Å². The second-order valence-electron chi connectivity index (χ2n) is 4.93. The van der Waals surface area contributed by atoms with Crippen molar-refractivity contribution in [2.45, 2.75) is 51.9 Å². The first-order valence-corrected chi connectivity index (χ1v) is 7.28. The standard InChI is InChI=1S/C13H19N3OS/c1-9(2)12-15-16-13(18-12)14-11(17)8-10-6-4-3-5-7-10/h6,9H,3-5,7-8H2,1-2H3,(H,14,16,17). The van der Waals surface area contributed by atoms with Crippen LogP contribution < -0.4 is 5.32 Å². The Kier molecular flexibility index (Phi) is 4.47. The van der Waals surface area contributed by atoms with Crippen LogP contribution >= 0.6 is 11.3 Å². The Morgan fingerprint density at radius 1 is 1.44 bits per heavy atom. The van der Waals surface area contributed by atoms with E-state index in [2.05, 4.69) is 35.4 Å². The van der Waals surface area contributed by atoms with E-state index in [0.29, 0.717) is 17.5 Å². The maximum atomic E-state index is 11.8. The quantitative estimate of drug-likeness (QED) is 0.848. The van der Waals surface area contributed by atoms with E-state index in [9.17, 15) is 4.79 Å². The molecule has 0 aliphatic heterocycles. The largest absolute Gasteiger partial charge is 0.300 e. The molecule has 0 unspecified atom stereocenters. The highest BCUT2D eigenvalue weighted by Crippen LogP contribution is 2.24. The summed E-state index contributed by atoms with van der Waals surface area (Å²) in [5, 5.41) is 12.4. The SMILES string of the molecule is CC(C)c1nnc(NC(=O)CC2=CCCCC2)s1. The minimum absolute atomic E-state index is 0.0228. The van der Waals surface area contributed by atoms with Crippen molar-refractivity contribution in [3.05, 3.63) is 16.7 Å². The zero-order valence-electron chi connectivity index (χ0n) is 10.9. The molecule has 1 aromatic heterocycles. The van der Waals surface area contributed by atoms with Crippen LogP contribution in [-0.2, 0) is 4.79 Å². The van der Waals surface area contributed by atoms with Crippen molar-refractivity contribution in [2.24, 2.45) is 0 Å². The summed E-state index contributed by atoms with van der Waals surface area (Å²) < 4.78 is 0. The Morgan fingerprint density at radius 3 is 2.89 bits per heavy atom. The summed E-state index contributed by atoms with van der Waals surface area (Å²) in [7, 11) is 0. The number of aromatic nitrogens is 2. The summed E-state index contributed by atoms with van der Waals surface area (Å²) in [6.07, 6.45) is 7.31. The van der Waals surface area contributed by atoms with Crippen molar-refractivity contribution in [3.8, 4) is 0 Å². The fraction of sp³-hybridized carbons (Fsp3) is 0.615. The summed E-state index contributed by atoms with van der Waals surface area (Å²) in [6, 6.07) is 0. The highest BCUT2D eigenvalue weighted by molar-refractivity contribution is 7.15. The number of carbonyl (C=O) groups excluding carboxylic acids is 1. The van der Waals surface area contributed by atoms with Gasteiger partial charge in [0.2, 0.25) is 11.0 Å². The Labute approximate surface area is 112 Å². The molecule has 0 atom stereocenters. The van der Waals surface area contributed by atoms with Crippen LogP contribution in [0.1, 0.15) is 56.9 Å². The van der Waals surface area contributed by atoms with E-state index in [-0.39, 0.29) is 5.91 Å². The highest BCUT2D eigenvalue weighted by Gasteiger charge is 2.12. The highest BCUT2D eigenvalue weighted by atomic mass is 32.1. The van der Waals surface area contributed by atoms with Crippen LogP contribution in [0.5, 0.6) is 0 Å². The molecular formula is C13H19N3OS. The summed E-state index contributed by atoms with van der Waals surface area (Å²) in [5.41, 5.74) is 1.26. The third-order valence-electron chi connectivity index (χ3n) is 2.95. The lowest BCUT2D eigenvalue weighted by molar-refractivity contribution is -0.115. The lowest BCUT2D eigenvalue weighted by atomic mass is 9.97. The van der Waals surface area contributed by atoms with Gasteiger partial charge in [-0.15, -0.1) is 10.2 Å². The van der Waals surface area contributed by atoms with Gasteiger partial charge in [0.1, 0.15) is 5.01 Å². The van der Waals surface area contributed by atoms with Gasteiger partial charge in [-0.1, -0.05) is 36.8 Å². The molecule has 0 saturated carbocycles. The minimum atomic E-state index is 0.0228. The van der Waals surface area contributed by atoms with Crippen LogP contribution in [0.4, 0.5) is 5.13 Å². The number of hydrogen-bond acceptors (Lipinski definition) is 4. The molecule has 1 aliphatic carbocycles. The number of allylic oxidation sites excluding steroid dienone is 1. The third-order valence-corrected chi connectivity index (χ3v) is 4.09. The van der Waals surface area contributed by atoms with Crippen LogP contribution in [0, 0.1) is 0 Å². The molecule has 1 heterocycles. The zero-order chi connectivity index (χ0) is 13.0. The molecule has 4 nitrogen and oxygen atoms in total. The summed E-state index contributed by atoms with van der Waals surface area (Å²) >= 11 is 1.46. The molecule has 1 N–H and O–H groups in total. The first-order chi connectivity index (χ1) is 8.65. The van der Waals surface area contributed by atoms with E-state index in [1.807, 2.05) is 0 Å². The molecular weight excluding hydrogens is 246 g/mol. The van der Waals surface area contributed by atoms with E-state index in [1.54, 1.807) is 0 Å². The topological polar surface area (TPSA) is 54.9 Å². The van der Waals surface area contributed by atoms with E-state index in [4.69, 9.17) is 0 Å². The fourth-order valence-corrected chi connectivity index (χ4v) is 2.72. The lowest BCUT2D eigenvalue weighted by Gasteiger charge is -2.11. The molecule has 0 aromatic carbocycles. The fourth-order valence-electron chi connectivity index (χ4n) is 1.95. The summed E-state index contributed by atoms with van der Waals surface area (Å²) in [5.74, 6) is 0.379. The van der Waals surface area contributed by atoms with Crippen molar-refractivity contribution in [3.63, 3.8) is 0 Å². The molecule has 1 aromatic rings. The Hall–Kier alpha value is -1.23. The van der Waals surface area contributed by atoms with E-state index >= 15 is 0 Å². The molecule has 0 fully saturated rings. The number of carbonyl (C=O) groups is 1. The molecule has 18 heavy (non-hydrogen) atoms. The van der Waals surface area contributed by atoms with Gasteiger partial charge in [0.25, 0.3) is 0 Å². The van der Waals surface area contributed by atoms with Gasteiger partial charge >= 0.3 is 0 Å². The molecule has 0 spiro atoms. The first kappa shape index (κ1) is 13.2. The number of nitrogens with zero attached hydrogens (tertiary/aromatic N) is 2. The van der Waals surface area contributed by atoms with Gasteiger partial charge in [-0.25, -0.2) is 0 Å². The number of nitrogens with one attached hydrogen (secondary N) is 1. The van der Waals surface area contributed by atoms with Crippen LogP contribution in [0.25, 0.3) is 0 Å². The first-order valence-electron chi connectivity index (χ1n) is 6.46. The van der Waals surface area contributed by atoms with Gasteiger partial charge in [0.05, 0.1) is 0 Å². The predicted octanol–water partition coefficient (Wildman–Crippen LogP) is 3.49. The average molecular weight is 265 g/mol. The van der Waals surface area contributed by atoms with Crippen molar-refractivity contribution >= 4 is 22.4 Å². The molecule has 0 saturated heterocycles. The maximum absolute atomic E-state index is 11.8. The van der Waals surface area contributed by atoms with Gasteiger partial charge in [0.15, 0.2) is 0 Å². The monoisotopic (exact) mass is 265 g/mol. The maximum Gasteiger partial charge on any atom is 0.230 e. The van der Waals surface area contributed by atoms with Crippen LogP contribution in [0.15, 0.2) is 11.6 Å². The average Bonchev–Trinajstić information content (AvgIpc) is 2.78. The van der Waals surface area contributed by atoms with Gasteiger partial charge in [-0.3, -0.25) is 4.79 Å². The van der Waals surface area contributed by atoms with Gasteiger partial charge in [0, 0.05) is 12.3 Å². The molecule has 0 radical (unpaired) electrons. The molecule has 98 valence electrons. The lowest BCUT2D eigenvalue weighted by Crippen LogP contribution is -2.12. The van der Waals surface area contributed by atoms with Gasteiger partial charge in [-0.05, 0) is 25.7 Å². The van der Waals surface area contributed by atoms with Crippen LogP contribution in [0.2, 0.25) is 0 Å². The van der Waals surface area contributed by atoms with Crippen LogP contribution in [-0.4, -0.2) is 16.1 Å². The van der Waals surface area contributed by atoms with E-state index < -0.39 is 0 Å². The molecule has 0 bridgehead atoms. The van der Waals surface area contributed by atoms with E-state index in [0.717, 1.165) is 17.8 Å². The summed E-state index contributed by atoms with van der Waals surface area (Å²) in [4.78, 5) is 11.8. The molecule has 5 heteroatoms. The van der Waals surface area contributed by atoms with Gasteiger partial charge < -0.3 is 5.32 Å². The Bertz CT molecular complexity index is 451. The van der Waals surface area contributed by atoms with Crippen molar-refractivity contribution in [2.75, 3.05) is 5.32 Å². The Balaban J connectivity index is 1.88. The van der Waals surface area contributed by atoms with E-state index in [1.165, 1.54) is 29.8 Å². The smallest absolute Gasteiger partial charge is 0.230 e. The van der Waals surface area contributed by atoms with Crippen molar-refractivity contribution in [1.82, 2.24) is 10.2 Å². The second-order valence-corrected chi connectivity index (χ2v) is 5.94. The zero-order valence-corrected chi connectivity index (χ0v) is 11.7. The summed E-state index contributed by atoms with van der Waals surface area (Å²) in [6.45, 7) is 4.14. The molecule has 1 amide bonds. The third kappa shape index (κ3) is 3.63. The number of rotatable bonds is 4. The number of anilines is 1. The van der Waals surface area contributed by atoms with Crippen molar-refractivity contribution in [1.29, 1.82) is 0 Å². The molecule has 2 rings (SSSR count).